The van der Waals surface area contributed by atoms with Crippen LogP contribution in [0.25, 0.3) is 0 Å². The van der Waals surface area contributed by atoms with E-state index in [1.807, 2.05) is 0 Å². The van der Waals surface area contributed by atoms with Gasteiger partial charge in [0.1, 0.15) is 18.0 Å². The molecule has 8 nitrogen and oxygen atoms in total. The zero-order valence-electron chi connectivity index (χ0n) is 18.7. The number of likely N-dealkylation sites (tertiary alicyclic amines) is 1. The van der Waals surface area contributed by atoms with Gasteiger partial charge in [0.25, 0.3) is 0 Å². The summed E-state index contributed by atoms with van der Waals surface area (Å²) in [4.78, 5) is 34.9. The lowest BCUT2D eigenvalue weighted by atomic mass is 9.92. The van der Waals surface area contributed by atoms with Gasteiger partial charge in [-0.2, -0.15) is 0 Å². The molecular formula is C23H23ClF2N4O4S. The van der Waals surface area contributed by atoms with Crippen LogP contribution in [0.4, 0.5) is 8.78 Å². The number of halogens is 3. The second kappa shape index (κ2) is 10.8. The smallest absolute Gasteiger partial charge is 0.338 e. The van der Waals surface area contributed by atoms with Crippen molar-refractivity contribution < 1.29 is 28.2 Å². The SMILES string of the molecule is CCOC(=O)C1=C(CN2CC(F)C2CCC(=O)O)NC(c2nccs2)=NC1c1ccc(F)cc1Cl. The van der Waals surface area contributed by atoms with Crippen molar-refractivity contribution in [3.05, 3.63) is 62.5 Å². The fraction of sp³-hybridized carbons (Fsp3) is 0.391. The van der Waals surface area contributed by atoms with Gasteiger partial charge in [-0.25, -0.2) is 18.6 Å². The highest BCUT2D eigenvalue weighted by Crippen LogP contribution is 2.38. The summed E-state index contributed by atoms with van der Waals surface area (Å²) in [5.41, 5.74) is 0.986. The summed E-state index contributed by atoms with van der Waals surface area (Å²) in [6, 6.07) is 2.32. The standard InChI is InChI=1S/C23H23ClF2N4O4S/c1-2-34-23(33)19-16(11-30-10-15(26)17(30)5-6-18(31)32)28-21(22-27-7-8-35-22)29-20(19)13-4-3-12(25)9-14(13)24/h3-4,7-9,15,17,20H,2,5-6,10-11H2,1H3,(H,28,29)(H,31,32). The first-order valence-electron chi connectivity index (χ1n) is 11.0. The molecule has 186 valence electrons. The quantitative estimate of drug-likeness (QED) is 0.482. The first-order chi connectivity index (χ1) is 16.8. The number of alkyl halides is 1. The molecule has 1 fully saturated rings. The molecular weight excluding hydrogens is 502 g/mol. The van der Waals surface area contributed by atoms with Crippen molar-refractivity contribution in [2.75, 3.05) is 19.7 Å². The minimum Gasteiger partial charge on any atom is -0.481 e. The lowest BCUT2D eigenvalue weighted by Crippen LogP contribution is -2.59. The van der Waals surface area contributed by atoms with Crippen LogP contribution in [0.1, 0.15) is 36.4 Å². The highest BCUT2D eigenvalue weighted by molar-refractivity contribution is 7.11. The van der Waals surface area contributed by atoms with Crippen LogP contribution in [0.3, 0.4) is 0 Å². The Morgan fingerprint density at radius 2 is 2.20 bits per heavy atom. The highest BCUT2D eigenvalue weighted by Gasteiger charge is 2.42. The lowest BCUT2D eigenvalue weighted by Gasteiger charge is -2.45. The van der Waals surface area contributed by atoms with E-state index in [4.69, 9.17) is 21.4 Å². The Bertz CT molecular complexity index is 1170. The number of hydrogen-bond acceptors (Lipinski definition) is 8. The molecule has 2 aromatic rings. The van der Waals surface area contributed by atoms with Crippen molar-refractivity contribution in [2.45, 2.75) is 38.0 Å². The number of benzene rings is 1. The van der Waals surface area contributed by atoms with Crippen molar-refractivity contribution in [1.82, 2.24) is 15.2 Å². The van der Waals surface area contributed by atoms with E-state index in [0.717, 1.165) is 6.07 Å². The Morgan fingerprint density at radius 3 is 2.83 bits per heavy atom. The molecule has 3 heterocycles. The molecule has 0 bridgehead atoms. The number of aliphatic carboxylic acids is 1. The summed E-state index contributed by atoms with van der Waals surface area (Å²) in [6.07, 6.45) is 0.413. The van der Waals surface area contributed by atoms with Gasteiger partial charge in [0.2, 0.25) is 0 Å². The predicted molar refractivity (Wildman–Crippen MR) is 127 cm³/mol. The van der Waals surface area contributed by atoms with Gasteiger partial charge in [-0.3, -0.25) is 14.7 Å². The fourth-order valence-corrected chi connectivity index (χ4v) is 5.02. The predicted octanol–water partition coefficient (Wildman–Crippen LogP) is 3.73. The average molecular weight is 525 g/mol. The third kappa shape index (κ3) is 5.52. The molecule has 3 unspecified atom stereocenters. The Morgan fingerprint density at radius 1 is 1.40 bits per heavy atom. The molecule has 1 aromatic heterocycles. The van der Waals surface area contributed by atoms with E-state index < -0.39 is 36.0 Å². The van der Waals surface area contributed by atoms with Crippen LogP contribution in [-0.2, 0) is 14.3 Å². The van der Waals surface area contributed by atoms with Gasteiger partial charge in [0, 0.05) is 53.4 Å². The number of rotatable bonds is 9. The van der Waals surface area contributed by atoms with Crippen LogP contribution in [0, 0.1) is 5.82 Å². The van der Waals surface area contributed by atoms with Crippen LogP contribution in [-0.4, -0.2) is 64.7 Å². The number of aromatic nitrogens is 1. The molecule has 2 aliphatic rings. The maximum atomic E-state index is 14.3. The van der Waals surface area contributed by atoms with Crippen LogP contribution in [0.15, 0.2) is 46.0 Å². The number of thiazole rings is 1. The largest absolute Gasteiger partial charge is 0.481 e. The van der Waals surface area contributed by atoms with Crippen LogP contribution in [0.5, 0.6) is 0 Å². The molecule has 1 saturated heterocycles. The normalized spacial score (nSPS) is 22.3. The van der Waals surface area contributed by atoms with E-state index in [1.165, 1.54) is 23.5 Å². The van der Waals surface area contributed by atoms with E-state index in [2.05, 4.69) is 15.3 Å². The Kier molecular flexibility index (Phi) is 7.78. The Labute approximate surface area is 209 Å². The van der Waals surface area contributed by atoms with Gasteiger partial charge in [-0.15, -0.1) is 11.3 Å². The zero-order chi connectivity index (χ0) is 25.1. The minimum atomic E-state index is -1.17. The maximum Gasteiger partial charge on any atom is 0.338 e. The first-order valence-corrected chi connectivity index (χ1v) is 12.2. The van der Waals surface area contributed by atoms with Gasteiger partial charge < -0.3 is 15.2 Å². The van der Waals surface area contributed by atoms with Crippen molar-refractivity contribution >= 4 is 40.7 Å². The lowest BCUT2D eigenvalue weighted by molar-refractivity contribution is -0.139. The van der Waals surface area contributed by atoms with Crippen molar-refractivity contribution in [1.29, 1.82) is 0 Å². The second-order valence-electron chi connectivity index (χ2n) is 8.07. The first kappa shape index (κ1) is 25.2. The number of carbonyl (C=O) groups excluding carboxylic acids is 1. The number of aliphatic imine (C=N–C) groups is 1. The third-order valence-electron chi connectivity index (χ3n) is 5.82. The van der Waals surface area contributed by atoms with E-state index >= 15 is 0 Å². The van der Waals surface area contributed by atoms with Crippen molar-refractivity contribution in [3.63, 3.8) is 0 Å². The summed E-state index contributed by atoms with van der Waals surface area (Å²) >= 11 is 7.69. The monoisotopic (exact) mass is 524 g/mol. The molecule has 3 atom stereocenters. The average Bonchev–Trinajstić information content (AvgIpc) is 3.33. The van der Waals surface area contributed by atoms with E-state index in [-0.39, 0.29) is 43.1 Å². The number of esters is 1. The molecule has 0 spiro atoms. The topological polar surface area (TPSA) is 104 Å². The van der Waals surface area contributed by atoms with E-state index in [1.54, 1.807) is 23.4 Å². The molecule has 12 heteroatoms. The molecule has 35 heavy (non-hydrogen) atoms. The van der Waals surface area contributed by atoms with Gasteiger partial charge in [0.05, 0.1) is 12.2 Å². The third-order valence-corrected chi connectivity index (χ3v) is 6.93. The van der Waals surface area contributed by atoms with Gasteiger partial charge in [-0.1, -0.05) is 17.7 Å². The number of carboxylic acid groups (broad SMARTS) is 1. The van der Waals surface area contributed by atoms with E-state index in [9.17, 15) is 18.4 Å². The molecule has 0 amide bonds. The van der Waals surface area contributed by atoms with Crippen molar-refractivity contribution in [2.24, 2.45) is 4.99 Å². The number of carbonyl (C=O) groups is 2. The van der Waals surface area contributed by atoms with Gasteiger partial charge in [0.15, 0.2) is 10.8 Å². The van der Waals surface area contributed by atoms with Gasteiger partial charge in [-0.05, 0) is 25.5 Å². The molecule has 2 aliphatic heterocycles. The highest BCUT2D eigenvalue weighted by atomic mass is 35.5. The number of carboxylic acids is 1. The summed E-state index contributed by atoms with van der Waals surface area (Å²) in [7, 11) is 0. The molecule has 0 aliphatic carbocycles. The molecule has 1 aromatic carbocycles. The minimum absolute atomic E-state index is 0.0902. The number of nitrogens with zero attached hydrogens (tertiary/aromatic N) is 3. The summed E-state index contributed by atoms with van der Waals surface area (Å²) in [5.74, 6) is -1.79. The number of amidine groups is 1. The van der Waals surface area contributed by atoms with E-state index in [0.29, 0.717) is 22.1 Å². The number of nitrogens with one attached hydrogen (secondary N) is 1. The van der Waals surface area contributed by atoms with Crippen LogP contribution < -0.4 is 5.32 Å². The van der Waals surface area contributed by atoms with Gasteiger partial charge >= 0.3 is 11.9 Å². The Hall–Kier alpha value is -2.89. The molecule has 2 N–H and O–H groups in total. The number of hydrogen-bond donors (Lipinski definition) is 2. The van der Waals surface area contributed by atoms with Crippen LogP contribution in [0.2, 0.25) is 5.02 Å². The number of ether oxygens (including phenoxy) is 1. The van der Waals surface area contributed by atoms with Crippen LogP contribution >= 0.6 is 22.9 Å². The Balaban J connectivity index is 1.76. The maximum absolute atomic E-state index is 14.3. The summed E-state index contributed by atoms with van der Waals surface area (Å²) in [6.45, 7) is 2.00. The summed E-state index contributed by atoms with van der Waals surface area (Å²) < 4.78 is 33.4. The second-order valence-corrected chi connectivity index (χ2v) is 9.37. The molecule has 0 saturated carbocycles. The fourth-order valence-electron chi connectivity index (χ4n) is 4.16. The summed E-state index contributed by atoms with van der Waals surface area (Å²) in [5, 5.41) is 14.6. The molecule has 4 rings (SSSR count). The zero-order valence-corrected chi connectivity index (χ0v) is 20.3. The van der Waals surface area contributed by atoms with Crippen molar-refractivity contribution in [3.8, 4) is 0 Å². The molecule has 0 radical (unpaired) electrons.